The number of aryl methyl sites for hydroxylation is 1. The fourth-order valence-electron chi connectivity index (χ4n) is 1.92. The Balaban J connectivity index is 2.46. The van der Waals surface area contributed by atoms with Gasteiger partial charge < -0.3 is 9.88 Å². The van der Waals surface area contributed by atoms with Gasteiger partial charge in [-0.05, 0) is 43.8 Å². The molecule has 1 aromatic carbocycles. The van der Waals surface area contributed by atoms with Gasteiger partial charge in [-0.25, -0.2) is 0 Å². The van der Waals surface area contributed by atoms with E-state index >= 15 is 0 Å². The normalized spacial score (nSPS) is 11.5. The fraction of sp³-hybridized carbons (Fsp3) is 0.385. The zero-order valence-corrected chi connectivity index (χ0v) is 9.67. The van der Waals surface area contributed by atoms with Gasteiger partial charge in [-0.2, -0.15) is 0 Å². The number of H-pyrrole nitrogens is 1. The molecule has 0 spiro atoms. The summed E-state index contributed by atoms with van der Waals surface area (Å²) in [4.78, 5) is 5.51. The third-order valence-electron chi connectivity index (χ3n) is 2.73. The number of benzene rings is 1. The highest BCUT2D eigenvalue weighted by Gasteiger charge is 2.04. The molecule has 2 aromatic rings. The van der Waals surface area contributed by atoms with Crippen molar-refractivity contribution in [3.63, 3.8) is 0 Å². The van der Waals surface area contributed by atoms with Crippen LogP contribution in [0, 0.1) is 0 Å². The van der Waals surface area contributed by atoms with Crippen molar-refractivity contribution in [1.82, 2.24) is 9.88 Å². The van der Waals surface area contributed by atoms with E-state index in [2.05, 4.69) is 55.3 Å². The lowest BCUT2D eigenvalue weighted by Crippen LogP contribution is -2.10. The molecule has 0 amide bonds. The molecule has 0 bridgehead atoms. The van der Waals surface area contributed by atoms with Gasteiger partial charge in [-0.3, -0.25) is 0 Å². The Kier molecular flexibility index (Phi) is 2.78. The molecule has 0 saturated heterocycles. The Morgan fingerprint density at radius 1 is 1.27 bits per heavy atom. The number of fused-ring (bicyclic) bond motifs is 1. The SMILES string of the molecule is CCc1ccc2[nH]cc(CN(C)C)c2c1. The molecule has 1 aromatic heterocycles. The summed E-state index contributed by atoms with van der Waals surface area (Å²) in [6.07, 6.45) is 3.21. The first-order valence-electron chi connectivity index (χ1n) is 5.44. The van der Waals surface area contributed by atoms with Gasteiger partial charge in [0, 0.05) is 23.6 Å². The first-order chi connectivity index (χ1) is 7.20. The second-order valence-corrected chi connectivity index (χ2v) is 4.29. The molecule has 0 fully saturated rings. The molecule has 0 radical (unpaired) electrons. The topological polar surface area (TPSA) is 19.0 Å². The summed E-state index contributed by atoms with van der Waals surface area (Å²) in [5.41, 5.74) is 4.02. The van der Waals surface area contributed by atoms with Crippen molar-refractivity contribution in [2.75, 3.05) is 14.1 Å². The lowest BCUT2D eigenvalue weighted by Gasteiger charge is -2.08. The molecular weight excluding hydrogens is 184 g/mol. The summed E-state index contributed by atoms with van der Waals surface area (Å²) in [5, 5.41) is 1.36. The fourth-order valence-corrected chi connectivity index (χ4v) is 1.92. The number of nitrogens with one attached hydrogen (secondary N) is 1. The largest absolute Gasteiger partial charge is 0.361 e. The molecule has 0 unspecified atom stereocenters. The third-order valence-corrected chi connectivity index (χ3v) is 2.73. The maximum atomic E-state index is 3.32. The van der Waals surface area contributed by atoms with Crippen LogP contribution in [0.25, 0.3) is 10.9 Å². The Labute approximate surface area is 90.9 Å². The van der Waals surface area contributed by atoms with E-state index in [9.17, 15) is 0 Å². The smallest absolute Gasteiger partial charge is 0.0457 e. The monoisotopic (exact) mass is 202 g/mol. The van der Waals surface area contributed by atoms with Crippen molar-refractivity contribution in [3.05, 3.63) is 35.5 Å². The van der Waals surface area contributed by atoms with Crippen LogP contribution in [0.1, 0.15) is 18.1 Å². The van der Waals surface area contributed by atoms with E-state index in [0.29, 0.717) is 0 Å². The molecular formula is C13H18N2. The van der Waals surface area contributed by atoms with Crippen molar-refractivity contribution >= 4 is 10.9 Å². The Morgan fingerprint density at radius 3 is 2.73 bits per heavy atom. The van der Waals surface area contributed by atoms with Crippen LogP contribution in [-0.2, 0) is 13.0 Å². The van der Waals surface area contributed by atoms with Crippen molar-refractivity contribution in [3.8, 4) is 0 Å². The minimum atomic E-state index is 0.993. The summed E-state index contributed by atoms with van der Waals surface area (Å²) >= 11 is 0. The van der Waals surface area contributed by atoms with Crippen molar-refractivity contribution < 1.29 is 0 Å². The van der Waals surface area contributed by atoms with Crippen molar-refractivity contribution in [2.45, 2.75) is 19.9 Å². The first-order valence-corrected chi connectivity index (χ1v) is 5.44. The van der Waals surface area contributed by atoms with Crippen LogP contribution in [0.4, 0.5) is 0 Å². The average molecular weight is 202 g/mol. The van der Waals surface area contributed by atoms with Crippen LogP contribution in [0.15, 0.2) is 24.4 Å². The van der Waals surface area contributed by atoms with Gasteiger partial charge in [0.05, 0.1) is 0 Å². The second kappa shape index (κ2) is 4.07. The molecule has 1 heterocycles. The van der Waals surface area contributed by atoms with Gasteiger partial charge in [-0.15, -0.1) is 0 Å². The molecule has 0 aliphatic carbocycles. The summed E-state index contributed by atoms with van der Waals surface area (Å²) in [7, 11) is 4.20. The predicted octanol–water partition coefficient (Wildman–Crippen LogP) is 2.79. The molecule has 2 nitrogen and oxygen atoms in total. The quantitative estimate of drug-likeness (QED) is 0.811. The molecule has 0 aliphatic heterocycles. The molecule has 1 N–H and O–H groups in total. The van der Waals surface area contributed by atoms with Crippen LogP contribution < -0.4 is 0 Å². The van der Waals surface area contributed by atoms with Crippen LogP contribution in [0.5, 0.6) is 0 Å². The van der Waals surface area contributed by atoms with Crippen molar-refractivity contribution in [2.24, 2.45) is 0 Å². The standard InChI is InChI=1S/C13H18N2/c1-4-10-5-6-13-12(7-10)11(8-14-13)9-15(2)3/h5-8,14H,4,9H2,1-3H3. The molecule has 2 rings (SSSR count). The van der Waals surface area contributed by atoms with Crippen LogP contribution in [0.2, 0.25) is 0 Å². The number of hydrogen-bond acceptors (Lipinski definition) is 1. The van der Waals surface area contributed by atoms with Gasteiger partial charge in [0.25, 0.3) is 0 Å². The molecule has 0 atom stereocenters. The highest BCUT2D eigenvalue weighted by atomic mass is 15.0. The number of hydrogen-bond donors (Lipinski definition) is 1. The Bertz CT molecular complexity index is 455. The Hall–Kier alpha value is -1.28. The van der Waals surface area contributed by atoms with Gasteiger partial charge in [0.2, 0.25) is 0 Å². The minimum absolute atomic E-state index is 0.993. The predicted molar refractivity (Wildman–Crippen MR) is 65.1 cm³/mol. The number of aromatic amines is 1. The zero-order chi connectivity index (χ0) is 10.8. The maximum Gasteiger partial charge on any atom is 0.0457 e. The van der Waals surface area contributed by atoms with Gasteiger partial charge >= 0.3 is 0 Å². The van der Waals surface area contributed by atoms with E-state index in [1.807, 2.05) is 0 Å². The van der Waals surface area contributed by atoms with E-state index in [1.54, 1.807) is 0 Å². The van der Waals surface area contributed by atoms with E-state index in [1.165, 1.54) is 22.0 Å². The summed E-state index contributed by atoms with van der Waals surface area (Å²) in [6, 6.07) is 6.66. The highest BCUT2D eigenvalue weighted by Crippen LogP contribution is 2.20. The van der Waals surface area contributed by atoms with Crippen LogP contribution in [-0.4, -0.2) is 24.0 Å². The zero-order valence-electron chi connectivity index (χ0n) is 9.67. The summed E-state index contributed by atoms with van der Waals surface area (Å²) in [6.45, 7) is 3.19. The van der Waals surface area contributed by atoms with E-state index in [0.717, 1.165) is 13.0 Å². The number of rotatable bonds is 3. The second-order valence-electron chi connectivity index (χ2n) is 4.29. The number of nitrogens with zero attached hydrogens (tertiary/aromatic N) is 1. The molecule has 2 heteroatoms. The Morgan fingerprint density at radius 2 is 2.07 bits per heavy atom. The summed E-state index contributed by atoms with van der Waals surface area (Å²) < 4.78 is 0. The van der Waals surface area contributed by atoms with Crippen LogP contribution in [0.3, 0.4) is 0 Å². The molecule has 0 saturated carbocycles. The highest BCUT2D eigenvalue weighted by molar-refractivity contribution is 5.83. The summed E-state index contributed by atoms with van der Waals surface area (Å²) in [5.74, 6) is 0. The van der Waals surface area contributed by atoms with Crippen molar-refractivity contribution in [1.29, 1.82) is 0 Å². The lowest BCUT2D eigenvalue weighted by atomic mass is 10.1. The lowest BCUT2D eigenvalue weighted by molar-refractivity contribution is 0.404. The number of aromatic nitrogens is 1. The minimum Gasteiger partial charge on any atom is -0.361 e. The van der Waals surface area contributed by atoms with E-state index < -0.39 is 0 Å². The molecule has 80 valence electrons. The molecule has 0 aliphatic rings. The molecule has 15 heavy (non-hydrogen) atoms. The van der Waals surface area contributed by atoms with Gasteiger partial charge in [-0.1, -0.05) is 13.0 Å². The third kappa shape index (κ3) is 2.05. The maximum absolute atomic E-state index is 3.32. The van der Waals surface area contributed by atoms with E-state index in [4.69, 9.17) is 0 Å². The van der Waals surface area contributed by atoms with Crippen LogP contribution >= 0.6 is 0 Å². The van der Waals surface area contributed by atoms with E-state index in [-0.39, 0.29) is 0 Å². The first kappa shape index (κ1) is 10.2. The van der Waals surface area contributed by atoms with Gasteiger partial charge in [0.15, 0.2) is 0 Å². The average Bonchev–Trinajstić information content (AvgIpc) is 2.60. The van der Waals surface area contributed by atoms with Gasteiger partial charge in [0.1, 0.15) is 0 Å².